The third-order valence-electron chi connectivity index (χ3n) is 4.00. The zero-order valence-corrected chi connectivity index (χ0v) is 13.0. The second-order valence-corrected chi connectivity index (χ2v) is 5.58. The number of carbonyl (C=O) groups excluding carboxylic acids is 1. The number of ether oxygens (including phenoxy) is 1. The summed E-state index contributed by atoms with van der Waals surface area (Å²) in [5.41, 5.74) is 0.608. The molecule has 0 spiro atoms. The number of para-hydroxylation sites is 1. The van der Waals surface area contributed by atoms with Crippen LogP contribution in [0.15, 0.2) is 24.3 Å². The van der Waals surface area contributed by atoms with E-state index in [1.54, 1.807) is 12.1 Å². The predicted molar refractivity (Wildman–Crippen MR) is 83.4 cm³/mol. The zero-order valence-electron chi connectivity index (χ0n) is 13.0. The maximum Gasteiger partial charge on any atom is 0.307 e. The molecule has 1 saturated heterocycles. The highest BCUT2D eigenvalue weighted by Crippen LogP contribution is 2.21. The number of benzene rings is 1. The van der Waals surface area contributed by atoms with Crippen molar-refractivity contribution in [3.63, 3.8) is 0 Å². The molecular weight excluding hydrogens is 282 g/mol. The Balaban J connectivity index is 1.91. The van der Waals surface area contributed by atoms with Crippen LogP contribution in [0.1, 0.15) is 36.5 Å². The van der Waals surface area contributed by atoms with E-state index in [-0.39, 0.29) is 11.7 Å². The summed E-state index contributed by atoms with van der Waals surface area (Å²) in [6.07, 6.45) is 1.99. The number of rotatable bonds is 7. The van der Waals surface area contributed by atoms with Crippen LogP contribution in [0.25, 0.3) is 0 Å². The second-order valence-electron chi connectivity index (χ2n) is 5.58. The first-order valence-corrected chi connectivity index (χ1v) is 7.82. The summed E-state index contributed by atoms with van der Waals surface area (Å²) < 4.78 is 5.49. The monoisotopic (exact) mass is 305 g/mol. The van der Waals surface area contributed by atoms with E-state index in [2.05, 4.69) is 4.90 Å². The molecule has 5 nitrogen and oxygen atoms in total. The second kappa shape index (κ2) is 7.94. The Morgan fingerprint density at radius 1 is 1.36 bits per heavy atom. The third-order valence-corrected chi connectivity index (χ3v) is 4.00. The van der Waals surface area contributed by atoms with Crippen molar-refractivity contribution in [2.45, 2.75) is 26.2 Å². The minimum Gasteiger partial charge on any atom is -0.493 e. The number of Topliss-reactive ketones (excluding diaryl/α,β-unsaturated/α-hetero) is 1. The van der Waals surface area contributed by atoms with E-state index in [9.17, 15) is 9.59 Å². The average Bonchev–Trinajstić information content (AvgIpc) is 2.53. The molecule has 0 radical (unpaired) electrons. The van der Waals surface area contributed by atoms with Crippen LogP contribution in [0.3, 0.4) is 0 Å². The van der Waals surface area contributed by atoms with E-state index in [1.807, 2.05) is 19.1 Å². The van der Waals surface area contributed by atoms with Gasteiger partial charge in [0.1, 0.15) is 5.75 Å². The van der Waals surface area contributed by atoms with Gasteiger partial charge >= 0.3 is 5.97 Å². The minimum atomic E-state index is -0.738. The number of carboxylic acid groups (broad SMARTS) is 1. The molecule has 1 fully saturated rings. The molecule has 0 amide bonds. The SMILES string of the molecule is CCOc1ccccc1C(=O)CCN1CCCC(C(=O)O)C1. The van der Waals surface area contributed by atoms with E-state index in [0.29, 0.717) is 37.4 Å². The molecule has 1 unspecified atom stereocenters. The molecular formula is C17H23NO4. The van der Waals surface area contributed by atoms with Gasteiger partial charge in [0.2, 0.25) is 0 Å². The van der Waals surface area contributed by atoms with Crippen molar-refractivity contribution in [2.75, 3.05) is 26.2 Å². The Morgan fingerprint density at radius 3 is 2.86 bits per heavy atom. The summed E-state index contributed by atoms with van der Waals surface area (Å²) in [7, 11) is 0. The van der Waals surface area contributed by atoms with Crippen molar-refractivity contribution in [1.29, 1.82) is 0 Å². The molecule has 1 N–H and O–H groups in total. The molecule has 1 heterocycles. The highest BCUT2D eigenvalue weighted by molar-refractivity contribution is 5.98. The van der Waals surface area contributed by atoms with Crippen LogP contribution in [0.2, 0.25) is 0 Å². The highest BCUT2D eigenvalue weighted by Gasteiger charge is 2.25. The number of carboxylic acids is 1. The molecule has 2 rings (SSSR count). The molecule has 1 aliphatic heterocycles. The molecule has 120 valence electrons. The summed E-state index contributed by atoms with van der Waals surface area (Å²) in [5.74, 6) is -0.379. The van der Waals surface area contributed by atoms with Gasteiger partial charge in [-0.15, -0.1) is 0 Å². The lowest BCUT2D eigenvalue weighted by Crippen LogP contribution is -2.39. The van der Waals surface area contributed by atoms with Crippen molar-refractivity contribution in [2.24, 2.45) is 5.92 Å². The lowest BCUT2D eigenvalue weighted by molar-refractivity contribution is -0.143. The quantitative estimate of drug-likeness (QED) is 0.784. The summed E-state index contributed by atoms with van der Waals surface area (Å²) in [6.45, 7) is 4.42. The Hall–Kier alpha value is -1.88. The van der Waals surface area contributed by atoms with Crippen molar-refractivity contribution in [3.05, 3.63) is 29.8 Å². The first-order valence-electron chi connectivity index (χ1n) is 7.82. The largest absolute Gasteiger partial charge is 0.493 e. The molecule has 5 heteroatoms. The molecule has 1 aliphatic rings. The van der Waals surface area contributed by atoms with Gasteiger partial charge in [-0.2, -0.15) is 0 Å². The molecule has 1 aromatic rings. The standard InChI is InChI=1S/C17H23NO4/c1-2-22-16-8-4-3-7-14(16)15(19)9-11-18-10-5-6-13(12-18)17(20)21/h3-4,7-8,13H,2,5-6,9-12H2,1H3,(H,20,21). The lowest BCUT2D eigenvalue weighted by Gasteiger charge is -2.30. The van der Waals surface area contributed by atoms with E-state index in [1.165, 1.54) is 0 Å². The minimum absolute atomic E-state index is 0.0431. The number of nitrogens with zero attached hydrogens (tertiary/aromatic N) is 1. The smallest absolute Gasteiger partial charge is 0.307 e. The molecule has 0 aromatic heterocycles. The molecule has 0 aliphatic carbocycles. The average molecular weight is 305 g/mol. The van der Waals surface area contributed by atoms with Crippen molar-refractivity contribution in [3.8, 4) is 5.75 Å². The molecule has 0 bridgehead atoms. The Morgan fingerprint density at radius 2 is 2.14 bits per heavy atom. The summed E-state index contributed by atoms with van der Waals surface area (Å²) in [4.78, 5) is 25.5. The molecule has 0 saturated carbocycles. The van der Waals surface area contributed by atoms with Gasteiger partial charge < -0.3 is 14.7 Å². The molecule has 1 aromatic carbocycles. The number of hydrogen-bond acceptors (Lipinski definition) is 4. The van der Waals surface area contributed by atoms with Crippen molar-refractivity contribution < 1.29 is 19.4 Å². The zero-order chi connectivity index (χ0) is 15.9. The van der Waals surface area contributed by atoms with Gasteiger partial charge in [-0.3, -0.25) is 9.59 Å². The fourth-order valence-electron chi connectivity index (χ4n) is 2.83. The van der Waals surface area contributed by atoms with Crippen LogP contribution < -0.4 is 4.74 Å². The van der Waals surface area contributed by atoms with Gasteiger partial charge in [0.15, 0.2) is 5.78 Å². The predicted octanol–water partition coefficient (Wildman–Crippen LogP) is 2.45. The van der Waals surface area contributed by atoms with Gasteiger partial charge in [0.25, 0.3) is 0 Å². The third kappa shape index (κ3) is 4.31. The Kier molecular flexibility index (Phi) is 5.95. The van der Waals surface area contributed by atoms with Gasteiger partial charge in [0.05, 0.1) is 18.1 Å². The van der Waals surface area contributed by atoms with Crippen LogP contribution in [0, 0.1) is 5.92 Å². The van der Waals surface area contributed by atoms with Gasteiger partial charge in [-0.1, -0.05) is 12.1 Å². The van der Waals surface area contributed by atoms with Crippen LogP contribution in [0.4, 0.5) is 0 Å². The normalized spacial score (nSPS) is 18.9. The number of hydrogen-bond donors (Lipinski definition) is 1. The lowest BCUT2D eigenvalue weighted by atomic mass is 9.98. The Labute approximate surface area is 130 Å². The first-order chi connectivity index (χ1) is 10.6. The number of ketones is 1. The van der Waals surface area contributed by atoms with Crippen LogP contribution in [-0.4, -0.2) is 48.0 Å². The van der Waals surface area contributed by atoms with E-state index in [0.717, 1.165) is 19.4 Å². The molecule has 22 heavy (non-hydrogen) atoms. The summed E-state index contributed by atoms with van der Waals surface area (Å²) in [6, 6.07) is 7.27. The van der Waals surface area contributed by atoms with Crippen LogP contribution in [0.5, 0.6) is 5.75 Å². The van der Waals surface area contributed by atoms with Crippen molar-refractivity contribution in [1.82, 2.24) is 4.90 Å². The van der Waals surface area contributed by atoms with Crippen LogP contribution >= 0.6 is 0 Å². The van der Waals surface area contributed by atoms with Gasteiger partial charge in [-0.25, -0.2) is 0 Å². The van der Waals surface area contributed by atoms with Crippen LogP contribution in [-0.2, 0) is 4.79 Å². The Bertz CT molecular complexity index is 529. The van der Waals surface area contributed by atoms with E-state index in [4.69, 9.17) is 9.84 Å². The van der Waals surface area contributed by atoms with Crippen molar-refractivity contribution >= 4 is 11.8 Å². The number of likely N-dealkylation sites (tertiary alicyclic amines) is 1. The van der Waals surface area contributed by atoms with Gasteiger partial charge in [-0.05, 0) is 38.4 Å². The van der Waals surface area contributed by atoms with Gasteiger partial charge in [0, 0.05) is 19.5 Å². The fraction of sp³-hybridized carbons (Fsp3) is 0.529. The topological polar surface area (TPSA) is 66.8 Å². The maximum absolute atomic E-state index is 12.4. The number of carbonyl (C=O) groups is 2. The first kappa shape index (κ1) is 16.5. The maximum atomic E-state index is 12.4. The number of aliphatic carboxylic acids is 1. The highest BCUT2D eigenvalue weighted by atomic mass is 16.5. The summed E-state index contributed by atoms with van der Waals surface area (Å²) >= 11 is 0. The van der Waals surface area contributed by atoms with E-state index >= 15 is 0 Å². The summed E-state index contributed by atoms with van der Waals surface area (Å²) in [5, 5.41) is 9.10. The fourth-order valence-corrected chi connectivity index (χ4v) is 2.83. The number of piperidine rings is 1. The molecule has 1 atom stereocenters. The van der Waals surface area contributed by atoms with E-state index < -0.39 is 5.97 Å².